The molecule has 0 aliphatic carbocycles. The molecule has 0 saturated heterocycles. The topological polar surface area (TPSA) is 70.9 Å². The Bertz CT molecular complexity index is 1140. The minimum absolute atomic E-state index is 0.0810. The van der Waals surface area contributed by atoms with E-state index >= 15 is 0 Å². The third kappa shape index (κ3) is 3.56. The van der Waals surface area contributed by atoms with Gasteiger partial charge in [0.1, 0.15) is 6.26 Å². The van der Waals surface area contributed by atoms with Gasteiger partial charge in [0, 0.05) is 23.2 Å². The molecule has 0 saturated carbocycles. The lowest BCUT2D eigenvalue weighted by molar-refractivity contribution is -0.120. The predicted molar refractivity (Wildman–Crippen MR) is 110 cm³/mol. The third-order valence-electron chi connectivity index (χ3n) is 5.03. The predicted octanol–water partition coefficient (Wildman–Crippen LogP) is 4.61. The fourth-order valence-electron chi connectivity index (χ4n) is 3.45. The number of aromatic nitrogens is 2. The Morgan fingerprint density at radius 1 is 1.14 bits per heavy atom. The van der Waals surface area contributed by atoms with Gasteiger partial charge in [-0.3, -0.25) is 4.79 Å². The van der Waals surface area contributed by atoms with Crippen LogP contribution >= 0.6 is 0 Å². The first-order valence-corrected chi connectivity index (χ1v) is 9.36. The van der Waals surface area contributed by atoms with E-state index < -0.39 is 0 Å². The van der Waals surface area contributed by atoms with Crippen molar-refractivity contribution in [1.82, 2.24) is 15.3 Å². The Morgan fingerprint density at radius 3 is 2.71 bits per heavy atom. The van der Waals surface area contributed by atoms with Gasteiger partial charge in [-0.05, 0) is 50.1 Å². The molecule has 1 amide bonds. The highest BCUT2D eigenvalue weighted by Gasteiger charge is 2.13. The fraction of sp³-hybridized carbons (Fsp3) is 0.217. The molecule has 0 aliphatic rings. The second-order valence-corrected chi connectivity index (χ2v) is 7.19. The van der Waals surface area contributed by atoms with Crippen molar-refractivity contribution in [2.75, 3.05) is 0 Å². The molecule has 2 heterocycles. The molecule has 0 atom stereocenters. The van der Waals surface area contributed by atoms with E-state index in [1.807, 2.05) is 30.3 Å². The van der Waals surface area contributed by atoms with Crippen molar-refractivity contribution in [2.24, 2.45) is 0 Å². The number of fused-ring (bicyclic) bond motifs is 1. The molecule has 0 unspecified atom stereocenters. The summed E-state index contributed by atoms with van der Waals surface area (Å²) in [6.07, 6.45) is 1.73. The summed E-state index contributed by atoms with van der Waals surface area (Å²) in [5.41, 5.74) is 7.29. The Hall–Kier alpha value is -3.34. The average molecular weight is 373 g/mol. The standard InChI is InChI=1S/C23H23N3O2/c1-14-9-18(22-20(10-14)15(2)16(3)25-22)12-24-21(27)11-19-13-28-23(26-19)17-7-5-4-6-8-17/h4-10,13,25H,11-12H2,1-3H3,(H,24,27). The maximum Gasteiger partial charge on any atom is 0.226 e. The number of H-pyrrole nitrogens is 1. The lowest BCUT2D eigenvalue weighted by Gasteiger charge is -2.07. The molecular weight excluding hydrogens is 350 g/mol. The summed E-state index contributed by atoms with van der Waals surface area (Å²) in [4.78, 5) is 20.3. The first kappa shape index (κ1) is 18.0. The van der Waals surface area contributed by atoms with Crippen LogP contribution in [0.2, 0.25) is 0 Å². The van der Waals surface area contributed by atoms with E-state index in [9.17, 15) is 4.79 Å². The highest BCUT2D eigenvalue weighted by atomic mass is 16.3. The van der Waals surface area contributed by atoms with E-state index in [-0.39, 0.29) is 12.3 Å². The summed E-state index contributed by atoms with van der Waals surface area (Å²) < 4.78 is 5.51. The van der Waals surface area contributed by atoms with Crippen LogP contribution < -0.4 is 5.32 Å². The summed E-state index contributed by atoms with van der Waals surface area (Å²) in [6.45, 7) is 6.74. The second-order valence-electron chi connectivity index (χ2n) is 7.19. The van der Waals surface area contributed by atoms with Gasteiger partial charge in [-0.15, -0.1) is 0 Å². The number of hydrogen-bond donors (Lipinski definition) is 2. The quantitative estimate of drug-likeness (QED) is 0.537. The number of aryl methyl sites for hydroxylation is 3. The summed E-state index contributed by atoms with van der Waals surface area (Å²) in [5, 5.41) is 4.22. The molecule has 28 heavy (non-hydrogen) atoms. The van der Waals surface area contributed by atoms with Crippen LogP contribution in [0.3, 0.4) is 0 Å². The SMILES string of the molecule is Cc1cc(CNC(=O)Cc2coc(-c3ccccc3)n2)c2[nH]c(C)c(C)c2c1. The van der Waals surface area contributed by atoms with E-state index in [2.05, 4.69) is 48.2 Å². The number of nitrogens with zero attached hydrogens (tertiary/aromatic N) is 1. The number of carbonyl (C=O) groups excluding carboxylic acids is 1. The monoisotopic (exact) mass is 373 g/mol. The minimum atomic E-state index is -0.0810. The number of nitrogens with one attached hydrogen (secondary N) is 2. The van der Waals surface area contributed by atoms with Crippen molar-refractivity contribution in [3.05, 3.63) is 76.8 Å². The first-order chi connectivity index (χ1) is 13.5. The Balaban J connectivity index is 1.45. The number of rotatable bonds is 5. The molecule has 4 rings (SSSR count). The summed E-state index contributed by atoms with van der Waals surface area (Å²) in [7, 11) is 0. The van der Waals surface area contributed by atoms with Gasteiger partial charge in [0.25, 0.3) is 0 Å². The highest BCUT2D eigenvalue weighted by molar-refractivity contribution is 5.88. The molecule has 0 fully saturated rings. The molecule has 5 heteroatoms. The normalized spacial score (nSPS) is 11.1. The molecule has 0 radical (unpaired) electrons. The second kappa shape index (κ2) is 7.35. The zero-order valence-corrected chi connectivity index (χ0v) is 16.3. The van der Waals surface area contributed by atoms with E-state index in [4.69, 9.17) is 4.42 Å². The van der Waals surface area contributed by atoms with Gasteiger partial charge < -0.3 is 14.7 Å². The highest BCUT2D eigenvalue weighted by Crippen LogP contribution is 2.26. The summed E-state index contributed by atoms with van der Waals surface area (Å²) >= 11 is 0. The van der Waals surface area contributed by atoms with Crippen LogP contribution in [-0.2, 0) is 17.8 Å². The van der Waals surface area contributed by atoms with Crippen molar-refractivity contribution >= 4 is 16.8 Å². The zero-order chi connectivity index (χ0) is 19.7. The number of oxazole rings is 1. The summed E-state index contributed by atoms with van der Waals surface area (Å²) in [5.74, 6) is 0.448. The largest absolute Gasteiger partial charge is 0.444 e. The van der Waals surface area contributed by atoms with Crippen molar-refractivity contribution in [2.45, 2.75) is 33.7 Å². The Morgan fingerprint density at radius 2 is 1.93 bits per heavy atom. The van der Waals surface area contributed by atoms with Crippen LogP contribution in [0.1, 0.15) is 28.1 Å². The van der Waals surface area contributed by atoms with Gasteiger partial charge in [-0.2, -0.15) is 0 Å². The van der Waals surface area contributed by atoms with Gasteiger partial charge in [-0.1, -0.05) is 29.8 Å². The van der Waals surface area contributed by atoms with Gasteiger partial charge in [0.15, 0.2) is 0 Å². The maximum atomic E-state index is 12.4. The van der Waals surface area contributed by atoms with Crippen molar-refractivity contribution in [3.63, 3.8) is 0 Å². The summed E-state index contributed by atoms with van der Waals surface area (Å²) in [6, 6.07) is 14.0. The Kier molecular flexibility index (Phi) is 4.74. The molecule has 142 valence electrons. The molecule has 2 aromatic heterocycles. The molecule has 0 aliphatic heterocycles. The number of benzene rings is 2. The van der Waals surface area contributed by atoms with E-state index in [0.717, 1.165) is 22.3 Å². The third-order valence-corrected chi connectivity index (χ3v) is 5.03. The number of aromatic amines is 1. The number of carbonyl (C=O) groups is 1. The molecule has 0 bridgehead atoms. The minimum Gasteiger partial charge on any atom is -0.444 e. The first-order valence-electron chi connectivity index (χ1n) is 9.36. The van der Waals surface area contributed by atoms with Crippen molar-refractivity contribution < 1.29 is 9.21 Å². The van der Waals surface area contributed by atoms with Gasteiger partial charge >= 0.3 is 0 Å². The lowest BCUT2D eigenvalue weighted by atomic mass is 10.0. The van der Waals surface area contributed by atoms with Crippen LogP contribution in [0.5, 0.6) is 0 Å². The van der Waals surface area contributed by atoms with E-state index in [1.165, 1.54) is 16.5 Å². The zero-order valence-electron chi connectivity index (χ0n) is 16.3. The van der Waals surface area contributed by atoms with Crippen LogP contribution in [0.15, 0.2) is 53.1 Å². The Labute approximate surface area is 163 Å². The maximum absolute atomic E-state index is 12.4. The number of amides is 1. The fourth-order valence-corrected chi connectivity index (χ4v) is 3.45. The van der Waals surface area contributed by atoms with Gasteiger partial charge in [-0.25, -0.2) is 4.98 Å². The van der Waals surface area contributed by atoms with Crippen LogP contribution in [0, 0.1) is 20.8 Å². The lowest BCUT2D eigenvalue weighted by Crippen LogP contribution is -2.24. The van der Waals surface area contributed by atoms with Crippen molar-refractivity contribution in [1.29, 1.82) is 0 Å². The molecule has 4 aromatic rings. The van der Waals surface area contributed by atoms with Crippen molar-refractivity contribution in [3.8, 4) is 11.5 Å². The molecule has 2 N–H and O–H groups in total. The van der Waals surface area contributed by atoms with E-state index in [0.29, 0.717) is 18.1 Å². The molecular formula is C23H23N3O2. The smallest absolute Gasteiger partial charge is 0.226 e. The number of hydrogen-bond acceptors (Lipinski definition) is 3. The van der Waals surface area contributed by atoms with Crippen LogP contribution in [-0.4, -0.2) is 15.9 Å². The van der Waals surface area contributed by atoms with Crippen LogP contribution in [0.4, 0.5) is 0 Å². The average Bonchev–Trinajstić information content (AvgIpc) is 3.26. The molecule has 2 aromatic carbocycles. The van der Waals surface area contributed by atoms with Crippen LogP contribution in [0.25, 0.3) is 22.4 Å². The van der Waals surface area contributed by atoms with Gasteiger partial charge in [0.05, 0.1) is 17.6 Å². The van der Waals surface area contributed by atoms with Gasteiger partial charge in [0.2, 0.25) is 11.8 Å². The molecule has 5 nitrogen and oxygen atoms in total. The molecule has 0 spiro atoms. The van der Waals surface area contributed by atoms with E-state index in [1.54, 1.807) is 6.26 Å².